The molecule has 3 rings (SSSR count). The highest BCUT2D eigenvalue weighted by Gasteiger charge is 2.09. The number of fused-ring (bicyclic) bond motifs is 1. The van der Waals surface area contributed by atoms with Gasteiger partial charge in [-0.2, -0.15) is 0 Å². The van der Waals surface area contributed by atoms with E-state index in [9.17, 15) is 0 Å². The molecule has 1 aromatic heterocycles. The van der Waals surface area contributed by atoms with Crippen LogP contribution in [0.2, 0.25) is 0 Å². The van der Waals surface area contributed by atoms with E-state index in [4.69, 9.17) is 0 Å². The Bertz CT molecular complexity index is 685. The van der Waals surface area contributed by atoms with Crippen molar-refractivity contribution < 1.29 is 0 Å². The number of rotatable bonds is 5. The first-order chi connectivity index (χ1) is 9.90. The second kappa shape index (κ2) is 6.24. The van der Waals surface area contributed by atoms with E-state index in [1.165, 1.54) is 41.0 Å². The van der Waals surface area contributed by atoms with Crippen molar-refractivity contribution in [1.82, 2.24) is 4.57 Å². The van der Waals surface area contributed by atoms with Crippen molar-refractivity contribution in [1.29, 1.82) is 0 Å². The zero-order valence-electron chi connectivity index (χ0n) is 11.8. The summed E-state index contributed by atoms with van der Waals surface area (Å²) in [5, 5.41) is 1.34. The molecule has 2 aromatic carbocycles. The van der Waals surface area contributed by atoms with Gasteiger partial charge in [0, 0.05) is 16.5 Å². The van der Waals surface area contributed by atoms with Gasteiger partial charge in [-0.15, -0.1) is 0 Å². The van der Waals surface area contributed by atoms with Crippen molar-refractivity contribution in [2.75, 3.05) is 6.16 Å². The molecule has 3 aromatic rings. The van der Waals surface area contributed by atoms with Gasteiger partial charge in [0.05, 0.1) is 5.52 Å². The highest BCUT2D eigenvalue weighted by molar-refractivity contribution is 7.47. The Morgan fingerprint density at radius 1 is 0.950 bits per heavy atom. The van der Waals surface area contributed by atoms with Gasteiger partial charge < -0.3 is 4.57 Å². The van der Waals surface area contributed by atoms with Crippen molar-refractivity contribution >= 4 is 24.9 Å². The first-order valence-corrected chi connectivity index (χ1v) is 8.50. The average Bonchev–Trinajstić information content (AvgIpc) is 2.86. The molecule has 1 atom stereocenters. The predicted molar refractivity (Wildman–Crippen MR) is 91.0 cm³/mol. The van der Waals surface area contributed by atoms with Crippen LogP contribution in [0.1, 0.15) is 19.8 Å². The molecule has 1 heterocycles. The third-order valence-corrected chi connectivity index (χ3v) is 4.90. The molecule has 20 heavy (non-hydrogen) atoms. The van der Waals surface area contributed by atoms with Crippen molar-refractivity contribution in [3.05, 3.63) is 60.7 Å². The molecule has 2 heteroatoms. The molecule has 0 bridgehead atoms. The Labute approximate surface area is 122 Å². The van der Waals surface area contributed by atoms with Gasteiger partial charge in [0.1, 0.15) is 0 Å². The van der Waals surface area contributed by atoms with E-state index in [1.54, 1.807) is 0 Å². The summed E-state index contributed by atoms with van der Waals surface area (Å²) < 4.78 is 2.42. The van der Waals surface area contributed by atoms with Gasteiger partial charge in [-0.1, -0.05) is 58.3 Å². The molecular formula is C18H20NP. The summed E-state index contributed by atoms with van der Waals surface area (Å²) in [5.74, 6) is 0. The molecule has 1 nitrogen and oxygen atoms in total. The highest BCUT2D eigenvalue weighted by atomic mass is 31.1. The smallest absolute Gasteiger partial charge is 0.0535 e. The molecule has 102 valence electrons. The van der Waals surface area contributed by atoms with E-state index >= 15 is 0 Å². The summed E-state index contributed by atoms with van der Waals surface area (Å²) in [4.78, 5) is 0. The standard InChI is InChI=1S/C18H20NP/c1-2-3-13-20-18-14-15-9-7-8-12-17(15)19(18)16-10-5-4-6-11-16/h4-12,14,20H,2-3,13H2,1H3. The minimum absolute atomic E-state index is 0.882. The number of benzene rings is 2. The fraction of sp³-hybridized carbons (Fsp3) is 0.222. The van der Waals surface area contributed by atoms with Crippen molar-refractivity contribution in [3.8, 4) is 5.69 Å². The Balaban J connectivity index is 2.09. The minimum Gasteiger partial charge on any atom is -0.310 e. The molecule has 0 aliphatic carbocycles. The molecule has 0 spiro atoms. The highest BCUT2D eigenvalue weighted by Crippen LogP contribution is 2.24. The van der Waals surface area contributed by atoms with E-state index in [0.717, 1.165) is 8.58 Å². The third-order valence-electron chi connectivity index (χ3n) is 3.56. The van der Waals surface area contributed by atoms with Crippen LogP contribution in [0.15, 0.2) is 60.7 Å². The number of nitrogens with zero attached hydrogens (tertiary/aromatic N) is 1. The minimum atomic E-state index is 0.882. The van der Waals surface area contributed by atoms with Crippen LogP contribution < -0.4 is 5.44 Å². The number of unbranched alkanes of at least 4 members (excludes halogenated alkanes) is 1. The molecule has 0 fully saturated rings. The van der Waals surface area contributed by atoms with Crippen LogP contribution in [0.25, 0.3) is 16.6 Å². The molecule has 0 N–H and O–H groups in total. The number of para-hydroxylation sites is 2. The van der Waals surface area contributed by atoms with E-state index in [2.05, 4.69) is 72.2 Å². The largest absolute Gasteiger partial charge is 0.310 e. The maximum atomic E-state index is 2.42. The summed E-state index contributed by atoms with van der Waals surface area (Å²) >= 11 is 0. The molecule has 0 aliphatic rings. The summed E-state index contributed by atoms with van der Waals surface area (Å²) in [6, 6.07) is 21.7. The maximum Gasteiger partial charge on any atom is 0.0535 e. The summed E-state index contributed by atoms with van der Waals surface area (Å²) in [6.45, 7) is 2.26. The van der Waals surface area contributed by atoms with Crippen molar-refractivity contribution in [2.24, 2.45) is 0 Å². The Morgan fingerprint density at radius 3 is 2.50 bits per heavy atom. The van der Waals surface area contributed by atoms with Gasteiger partial charge in [-0.05, 0) is 36.8 Å². The Hall–Kier alpha value is -1.59. The molecule has 1 unspecified atom stereocenters. The lowest BCUT2D eigenvalue weighted by atomic mass is 10.2. The van der Waals surface area contributed by atoms with E-state index in [-0.39, 0.29) is 0 Å². The fourth-order valence-corrected chi connectivity index (χ4v) is 3.99. The van der Waals surface area contributed by atoms with E-state index < -0.39 is 0 Å². The van der Waals surface area contributed by atoms with Crippen LogP contribution in [0.5, 0.6) is 0 Å². The zero-order valence-corrected chi connectivity index (χ0v) is 12.8. The predicted octanol–water partition coefficient (Wildman–Crippen LogP) is 4.73. The second-order valence-electron chi connectivity index (χ2n) is 5.04. The lowest BCUT2D eigenvalue weighted by molar-refractivity contribution is 0.895. The van der Waals surface area contributed by atoms with Crippen LogP contribution in [0, 0.1) is 0 Å². The lowest BCUT2D eigenvalue weighted by Crippen LogP contribution is -2.09. The molecule has 0 radical (unpaired) electrons. The summed E-state index contributed by atoms with van der Waals surface area (Å²) in [7, 11) is 0.882. The van der Waals surface area contributed by atoms with Gasteiger partial charge >= 0.3 is 0 Å². The van der Waals surface area contributed by atoms with Crippen LogP contribution in [0.4, 0.5) is 0 Å². The van der Waals surface area contributed by atoms with Crippen LogP contribution >= 0.6 is 8.58 Å². The Morgan fingerprint density at radius 2 is 1.70 bits per heavy atom. The summed E-state index contributed by atoms with van der Waals surface area (Å²) in [5.41, 5.74) is 4.04. The first kappa shape index (κ1) is 13.4. The van der Waals surface area contributed by atoms with Crippen LogP contribution in [-0.2, 0) is 0 Å². The van der Waals surface area contributed by atoms with Crippen molar-refractivity contribution in [3.63, 3.8) is 0 Å². The molecule has 0 amide bonds. The average molecular weight is 281 g/mol. The van der Waals surface area contributed by atoms with Gasteiger partial charge in [0.25, 0.3) is 0 Å². The van der Waals surface area contributed by atoms with Gasteiger partial charge in [-0.25, -0.2) is 0 Å². The van der Waals surface area contributed by atoms with Gasteiger partial charge in [0.2, 0.25) is 0 Å². The number of hydrogen-bond acceptors (Lipinski definition) is 0. The van der Waals surface area contributed by atoms with Gasteiger partial charge in [0.15, 0.2) is 0 Å². The van der Waals surface area contributed by atoms with E-state index in [1.807, 2.05) is 0 Å². The first-order valence-electron chi connectivity index (χ1n) is 7.30. The van der Waals surface area contributed by atoms with Crippen LogP contribution in [-0.4, -0.2) is 10.7 Å². The fourth-order valence-electron chi connectivity index (χ4n) is 2.53. The normalized spacial score (nSPS) is 11.7. The molecule has 0 aliphatic heterocycles. The summed E-state index contributed by atoms with van der Waals surface area (Å²) in [6.07, 6.45) is 3.88. The number of hydrogen-bond donors (Lipinski definition) is 0. The quantitative estimate of drug-likeness (QED) is 0.470. The lowest BCUT2D eigenvalue weighted by Gasteiger charge is -2.10. The third kappa shape index (κ3) is 2.64. The molecule has 0 saturated heterocycles. The topological polar surface area (TPSA) is 4.93 Å². The molecule has 0 saturated carbocycles. The monoisotopic (exact) mass is 281 g/mol. The van der Waals surface area contributed by atoms with Gasteiger partial charge in [-0.3, -0.25) is 0 Å². The number of aromatic nitrogens is 1. The zero-order chi connectivity index (χ0) is 13.8. The second-order valence-corrected chi connectivity index (χ2v) is 6.41. The van der Waals surface area contributed by atoms with E-state index in [0.29, 0.717) is 0 Å². The van der Waals surface area contributed by atoms with Crippen molar-refractivity contribution in [2.45, 2.75) is 19.8 Å². The Kier molecular flexibility index (Phi) is 4.18. The maximum absolute atomic E-state index is 2.42. The SMILES string of the molecule is CCCCPc1cc2ccccc2n1-c1ccccc1. The molecular weight excluding hydrogens is 261 g/mol. The van der Waals surface area contributed by atoms with Crippen LogP contribution in [0.3, 0.4) is 0 Å².